The van der Waals surface area contributed by atoms with Crippen LogP contribution >= 0.6 is 0 Å². The SMILES string of the molecule is c1ccc(OCc2nnc(-c3cc4ccccc4o3)o2)cc1. The molecule has 0 saturated heterocycles. The number of para-hydroxylation sites is 2. The van der Waals surface area contributed by atoms with Crippen LogP contribution < -0.4 is 4.74 Å². The Balaban J connectivity index is 1.53. The highest BCUT2D eigenvalue weighted by Gasteiger charge is 2.13. The van der Waals surface area contributed by atoms with Crippen molar-refractivity contribution in [1.29, 1.82) is 0 Å². The number of furan rings is 1. The van der Waals surface area contributed by atoms with Crippen LogP contribution in [0.5, 0.6) is 5.75 Å². The van der Waals surface area contributed by atoms with Crippen LogP contribution in [0.2, 0.25) is 0 Å². The van der Waals surface area contributed by atoms with Crippen molar-refractivity contribution in [3.05, 3.63) is 66.6 Å². The monoisotopic (exact) mass is 292 g/mol. The molecule has 0 fully saturated rings. The van der Waals surface area contributed by atoms with Gasteiger partial charge in [0.1, 0.15) is 11.3 Å². The summed E-state index contributed by atoms with van der Waals surface area (Å²) in [6, 6.07) is 19.1. The predicted molar refractivity (Wildman–Crippen MR) is 80.3 cm³/mol. The highest BCUT2D eigenvalue weighted by molar-refractivity contribution is 5.81. The number of benzene rings is 2. The van der Waals surface area contributed by atoms with Crippen molar-refractivity contribution in [3.8, 4) is 17.4 Å². The Morgan fingerprint density at radius 3 is 2.55 bits per heavy atom. The second-order valence-corrected chi connectivity index (χ2v) is 4.75. The molecule has 0 aliphatic rings. The van der Waals surface area contributed by atoms with Crippen LogP contribution in [0.1, 0.15) is 5.89 Å². The number of fused-ring (bicyclic) bond motifs is 1. The Labute approximate surface area is 126 Å². The first kappa shape index (κ1) is 12.6. The van der Waals surface area contributed by atoms with Crippen LogP contribution in [-0.4, -0.2) is 10.2 Å². The lowest BCUT2D eigenvalue weighted by Crippen LogP contribution is -1.95. The van der Waals surface area contributed by atoms with Crippen molar-refractivity contribution >= 4 is 11.0 Å². The number of nitrogens with zero attached hydrogens (tertiary/aromatic N) is 2. The zero-order valence-electron chi connectivity index (χ0n) is 11.6. The van der Waals surface area contributed by atoms with Crippen molar-refractivity contribution in [3.63, 3.8) is 0 Å². The quantitative estimate of drug-likeness (QED) is 0.567. The molecule has 5 heteroatoms. The Morgan fingerprint density at radius 2 is 1.68 bits per heavy atom. The van der Waals surface area contributed by atoms with Gasteiger partial charge < -0.3 is 13.6 Å². The van der Waals surface area contributed by atoms with Crippen LogP contribution in [0.15, 0.2) is 69.5 Å². The number of hydrogen-bond acceptors (Lipinski definition) is 5. The van der Waals surface area contributed by atoms with Gasteiger partial charge >= 0.3 is 0 Å². The van der Waals surface area contributed by atoms with E-state index in [0.717, 1.165) is 16.7 Å². The first-order valence-electron chi connectivity index (χ1n) is 6.88. The molecule has 0 bridgehead atoms. The van der Waals surface area contributed by atoms with E-state index in [-0.39, 0.29) is 6.61 Å². The fourth-order valence-electron chi connectivity index (χ4n) is 2.16. The van der Waals surface area contributed by atoms with Crippen molar-refractivity contribution in [2.45, 2.75) is 6.61 Å². The Morgan fingerprint density at radius 1 is 0.864 bits per heavy atom. The van der Waals surface area contributed by atoms with E-state index < -0.39 is 0 Å². The van der Waals surface area contributed by atoms with E-state index in [4.69, 9.17) is 13.6 Å². The van der Waals surface area contributed by atoms with Gasteiger partial charge in [0.2, 0.25) is 0 Å². The average molecular weight is 292 g/mol. The lowest BCUT2D eigenvalue weighted by atomic mass is 10.2. The van der Waals surface area contributed by atoms with Crippen LogP contribution in [0.4, 0.5) is 0 Å². The summed E-state index contributed by atoms with van der Waals surface area (Å²) in [5.74, 6) is 2.06. The zero-order valence-corrected chi connectivity index (χ0v) is 11.6. The van der Waals surface area contributed by atoms with Crippen molar-refractivity contribution in [1.82, 2.24) is 10.2 Å². The molecule has 22 heavy (non-hydrogen) atoms. The van der Waals surface area contributed by atoms with Gasteiger partial charge in [-0.3, -0.25) is 0 Å². The topological polar surface area (TPSA) is 61.3 Å². The van der Waals surface area contributed by atoms with Gasteiger partial charge in [0.15, 0.2) is 12.4 Å². The summed E-state index contributed by atoms with van der Waals surface area (Å²) in [6.07, 6.45) is 0. The molecular formula is C17H12N2O3. The third-order valence-corrected chi connectivity index (χ3v) is 3.21. The molecule has 0 atom stereocenters. The molecule has 2 heterocycles. The molecule has 0 radical (unpaired) electrons. The summed E-state index contributed by atoms with van der Waals surface area (Å²) < 4.78 is 16.8. The van der Waals surface area contributed by atoms with E-state index in [0.29, 0.717) is 17.5 Å². The minimum atomic E-state index is 0.219. The van der Waals surface area contributed by atoms with Crippen LogP contribution in [0.3, 0.4) is 0 Å². The average Bonchev–Trinajstić information content (AvgIpc) is 3.20. The van der Waals surface area contributed by atoms with Gasteiger partial charge in [0, 0.05) is 5.39 Å². The van der Waals surface area contributed by atoms with Crippen LogP contribution in [0, 0.1) is 0 Å². The van der Waals surface area contributed by atoms with Gasteiger partial charge in [-0.25, -0.2) is 0 Å². The molecule has 4 aromatic rings. The standard InChI is InChI=1S/C17H12N2O3/c1-2-7-13(8-3-1)20-11-16-18-19-17(22-16)15-10-12-6-4-5-9-14(12)21-15/h1-10H,11H2. The van der Waals surface area contributed by atoms with Gasteiger partial charge in [-0.2, -0.15) is 0 Å². The fraction of sp³-hybridized carbons (Fsp3) is 0.0588. The number of hydrogen-bond donors (Lipinski definition) is 0. The Bertz CT molecular complexity index is 863. The second kappa shape index (κ2) is 5.37. The highest BCUT2D eigenvalue weighted by atomic mass is 16.5. The van der Waals surface area contributed by atoms with Gasteiger partial charge in [-0.1, -0.05) is 36.4 Å². The van der Waals surface area contributed by atoms with Gasteiger partial charge in [-0.15, -0.1) is 10.2 Å². The summed E-state index contributed by atoms with van der Waals surface area (Å²) in [6.45, 7) is 0.219. The van der Waals surface area contributed by atoms with Crippen molar-refractivity contribution in [2.75, 3.05) is 0 Å². The van der Waals surface area contributed by atoms with Crippen molar-refractivity contribution < 1.29 is 13.6 Å². The molecular weight excluding hydrogens is 280 g/mol. The fourth-order valence-corrected chi connectivity index (χ4v) is 2.16. The van der Waals surface area contributed by atoms with Gasteiger partial charge in [0.05, 0.1) is 0 Å². The largest absolute Gasteiger partial charge is 0.484 e. The summed E-state index contributed by atoms with van der Waals surface area (Å²) >= 11 is 0. The molecule has 4 rings (SSSR count). The molecule has 0 saturated carbocycles. The van der Waals surface area contributed by atoms with Crippen molar-refractivity contribution in [2.24, 2.45) is 0 Å². The number of aromatic nitrogens is 2. The number of ether oxygens (including phenoxy) is 1. The first-order chi connectivity index (χ1) is 10.9. The van der Waals surface area contributed by atoms with Crippen LogP contribution in [-0.2, 0) is 6.61 Å². The van der Waals surface area contributed by atoms with E-state index in [9.17, 15) is 0 Å². The summed E-state index contributed by atoms with van der Waals surface area (Å²) in [5, 5.41) is 8.98. The molecule has 0 N–H and O–H groups in total. The van der Waals surface area contributed by atoms with E-state index >= 15 is 0 Å². The smallest absolute Gasteiger partial charge is 0.283 e. The first-order valence-corrected chi connectivity index (χ1v) is 6.88. The molecule has 108 valence electrons. The van der Waals surface area contributed by atoms with E-state index in [2.05, 4.69) is 10.2 Å². The normalized spacial score (nSPS) is 10.9. The molecule has 0 amide bonds. The molecule has 0 aliphatic carbocycles. The third-order valence-electron chi connectivity index (χ3n) is 3.21. The van der Waals surface area contributed by atoms with E-state index in [1.54, 1.807) is 0 Å². The molecule has 5 nitrogen and oxygen atoms in total. The predicted octanol–water partition coefficient (Wildman–Crippen LogP) is 4.06. The van der Waals surface area contributed by atoms with E-state index in [1.807, 2.05) is 60.7 Å². The molecule has 0 unspecified atom stereocenters. The molecule has 2 aromatic carbocycles. The minimum absolute atomic E-state index is 0.219. The maximum absolute atomic E-state index is 5.69. The maximum Gasteiger partial charge on any atom is 0.283 e. The third kappa shape index (κ3) is 2.44. The summed E-state index contributed by atoms with van der Waals surface area (Å²) in [5.41, 5.74) is 0.790. The highest BCUT2D eigenvalue weighted by Crippen LogP contribution is 2.26. The molecule has 2 aromatic heterocycles. The van der Waals surface area contributed by atoms with Crippen LogP contribution in [0.25, 0.3) is 22.6 Å². The van der Waals surface area contributed by atoms with Gasteiger partial charge in [-0.05, 0) is 24.3 Å². The Kier molecular flexibility index (Phi) is 3.08. The lowest BCUT2D eigenvalue weighted by Gasteiger charge is -2.01. The molecule has 0 spiro atoms. The number of rotatable bonds is 4. The minimum Gasteiger partial charge on any atom is -0.484 e. The second-order valence-electron chi connectivity index (χ2n) is 4.75. The lowest BCUT2D eigenvalue weighted by molar-refractivity contribution is 0.264. The maximum atomic E-state index is 5.69. The van der Waals surface area contributed by atoms with E-state index in [1.165, 1.54) is 0 Å². The zero-order chi connectivity index (χ0) is 14.8. The Hall–Kier alpha value is -3.08. The summed E-state index contributed by atoms with van der Waals surface area (Å²) in [4.78, 5) is 0. The molecule has 0 aliphatic heterocycles. The summed E-state index contributed by atoms with van der Waals surface area (Å²) in [7, 11) is 0. The van der Waals surface area contributed by atoms with Gasteiger partial charge in [0.25, 0.3) is 11.8 Å².